The molecular weight excluding hydrogens is 428 g/mol. The van der Waals surface area contributed by atoms with Gasteiger partial charge in [0.2, 0.25) is 0 Å². The maximum Gasteiger partial charge on any atom is 0.192 e. The summed E-state index contributed by atoms with van der Waals surface area (Å²) in [5, 5.41) is 10.9. The Morgan fingerprint density at radius 1 is 1.18 bits per heavy atom. The maximum absolute atomic E-state index is 10.8. The van der Waals surface area contributed by atoms with Gasteiger partial charge in [-0.25, -0.2) is 0 Å². The largest absolute Gasteiger partial charge is 0.413 e. The predicted molar refractivity (Wildman–Crippen MR) is 137 cm³/mol. The van der Waals surface area contributed by atoms with Crippen LogP contribution in [-0.2, 0) is 13.9 Å². The highest BCUT2D eigenvalue weighted by Gasteiger charge is 2.58. The van der Waals surface area contributed by atoms with E-state index in [0.29, 0.717) is 18.3 Å². The van der Waals surface area contributed by atoms with Crippen molar-refractivity contribution in [3.05, 3.63) is 12.2 Å². The zero-order chi connectivity index (χ0) is 24.7. The minimum Gasteiger partial charge on any atom is -0.413 e. The monoisotopic (exact) mass is 476 g/mol. The van der Waals surface area contributed by atoms with Crippen molar-refractivity contribution in [2.24, 2.45) is 29.1 Å². The van der Waals surface area contributed by atoms with Gasteiger partial charge in [-0.3, -0.25) is 0 Å². The standard InChI is InChI=1S/C28H48O4Si/c1-10-11-12-20(2)24(29)14-13-22-23-17-28(30-18-27(6,7)19-31-28)16-21(23)15-25(22)32-33(8,9)26(3,4)5/h13-14,20-25,29H,12,15-19H2,1-9H3/b14-13+/t20?,21-,22-,23+,24+,25-/m1/s1. The molecule has 1 N–H and O–H groups in total. The summed E-state index contributed by atoms with van der Waals surface area (Å²) in [5.74, 6) is 7.02. The molecule has 6 atom stereocenters. The quantitative estimate of drug-likeness (QED) is 0.283. The smallest absolute Gasteiger partial charge is 0.192 e. The lowest BCUT2D eigenvalue weighted by atomic mass is 9.89. The highest BCUT2D eigenvalue weighted by molar-refractivity contribution is 6.74. The van der Waals surface area contributed by atoms with Crippen molar-refractivity contribution in [3.63, 3.8) is 0 Å². The fourth-order valence-electron chi connectivity index (χ4n) is 5.34. The fourth-order valence-corrected chi connectivity index (χ4v) is 6.70. The summed E-state index contributed by atoms with van der Waals surface area (Å²) in [6.07, 6.45) is 7.63. The van der Waals surface area contributed by atoms with Crippen LogP contribution in [0.25, 0.3) is 0 Å². The zero-order valence-electron chi connectivity index (χ0n) is 22.5. The Morgan fingerprint density at radius 3 is 2.39 bits per heavy atom. The SMILES string of the molecule is CC#CCC(C)[C@@H](O)/C=C/[C@@H]1[C@H]2CC3(C[C@H]2C[C@H]1O[Si](C)(C)C(C)(C)C)OCC(C)(C)CO3. The molecule has 3 fully saturated rings. The minimum absolute atomic E-state index is 0.0812. The van der Waals surface area contributed by atoms with Crippen molar-refractivity contribution in [2.75, 3.05) is 13.2 Å². The summed E-state index contributed by atoms with van der Waals surface area (Å²) in [5.41, 5.74) is 0.0812. The second kappa shape index (κ2) is 9.78. The van der Waals surface area contributed by atoms with Crippen LogP contribution < -0.4 is 0 Å². The van der Waals surface area contributed by atoms with Crippen LogP contribution in [0.1, 0.15) is 74.1 Å². The van der Waals surface area contributed by atoms with E-state index in [2.05, 4.69) is 72.6 Å². The summed E-state index contributed by atoms with van der Waals surface area (Å²) < 4.78 is 19.7. The number of hydrogen-bond donors (Lipinski definition) is 1. The van der Waals surface area contributed by atoms with Crippen molar-refractivity contribution in [2.45, 2.75) is 110 Å². The van der Waals surface area contributed by atoms with Gasteiger partial charge in [0.05, 0.1) is 25.4 Å². The van der Waals surface area contributed by atoms with Gasteiger partial charge in [0, 0.05) is 30.6 Å². The normalized spacial score (nSPS) is 33.0. The van der Waals surface area contributed by atoms with E-state index in [1.54, 1.807) is 0 Å². The molecule has 5 heteroatoms. The Hall–Kier alpha value is -0.643. The lowest BCUT2D eigenvalue weighted by Gasteiger charge is -2.43. The van der Waals surface area contributed by atoms with Crippen LogP contribution in [0.4, 0.5) is 0 Å². The van der Waals surface area contributed by atoms with E-state index < -0.39 is 20.2 Å². The topological polar surface area (TPSA) is 47.9 Å². The molecule has 0 aromatic carbocycles. The van der Waals surface area contributed by atoms with Gasteiger partial charge < -0.3 is 19.0 Å². The van der Waals surface area contributed by atoms with E-state index in [4.69, 9.17) is 13.9 Å². The predicted octanol–water partition coefficient (Wildman–Crippen LogP) is 6.16. The molecule has 0 aromatic rings. The number of hydrogen-bond acceptors (Lipinski definition) is 4. The zero-order valence-corrected chi connectivity index (χ0v) is 23.5. The van der Waals surface area contributed by atoms with Gasteiger partial charge in [0.1, 0.15) is 0 Å². The molecule has 1 unspecified atom stereocenters. The molecule has 0 bridgehead atoms. The van der Waals surface area contributed by atoms with Crippen LogP contribution in [0.15, 0.2) is 12.2 Å². The molecule has 0 aromatic heterocycles. The second-order valence-corrected chi connectivity index (χ2v) is 18.0. The molecule has 1 heterocycles. The lowest BCUT2D eigenvalue weighted by molar-refractivity contribution is -0.298. The summed E-state index contributed by atoms with van der Waals surface area (Å²) in [7, 11) is -1.90. The third-order valence-corrected chi connectivity index (χ3v) is 13.1. The Morgan fingerprint density at radius 2 is 1.82 bits per heavy atom. The second-order valence-electron chi connectivity index (χ2n) is 13.2. The molecule has 2 saturated carbocycles. The van der Waals surface area contributed by atoms with Gasteiger partial charge in [-0.05, 0) is 49.2 Å². The molecule has 33 heavy (non-hydrogen) atoms. The van der Waals surface area contributed by atoms with Gasteiger partial charge in [0.25, 0.3) is 0 Å². The highest BCUT2D eigenvalue weighted by Crippen LogP contribution is 2.57. The van der Waals surface area contributed by atoms with Crippen LogP contribution in [0.2, 0.25) is 18.1 Å². The summed E-state index contributed by atoms with van der Waals surface area (Å²) >= 11 is 0. The van der Waals surface area contributed by atoms with E-state index >= 15 is 0 Å². The van der Waals surface area contributed by atoms with Gasteiger partial charge in [-0.1, -0.05) is 53.7 Å². The van der Waals surface area contributed by atoms with E-state index in [-0.39, 0.29) is 28.4 Å². The number of ether oxygens (including phenoxy) is 2. The fraction of sp³-hybridized carbons (Fsp3) is 0.857. The van der Waals surface area contributed by atoms with Crippen molar-refractivity contribution in [1.29, 1.82) is 0 Å². The Labute approximate surface area is 204 Å². The molecule has 3 aliphatic rings. The molecule has 0 radical (unpaired) electrons. The Bertz CT molecular complexity index is 759. The average molecular weight is 477 g/mol. The number of fused-ring (bicyclic) bond motifs is 1. The molecule has 1 saturated heterocycles. The first-order chi connectivity index (χ1) is 15.2. The molecular formula is C28H48O4Si. The lowest BCUT2D eigenvalue weighted by Crippen LogP contribution is -2.47. The van der Waals surface area contributed by atoms with Crippen molar-refractivity contribution in [1.82, 2.24) is 0 Å². The third kappa shape index (κ3) is 6.14. The molecule has 188 valence electrons. The van der Waals surface area contributed by atoms with Gasteiger partial charge in [0.15, 0.2) is 14.1 Å². The van der Waals surface area contributed by atoms with Crippen LogP contribution in [0.3, 0.4) is 0 Å². The Balaban J connectivity index is 1.78. The first-order valence-corrected chi connectivity index (χ1v) is 15.8. The summed E-state index contributed by atoms with van der Waals surface area (Å²) in [6.45, 7) is 21.4. The van der Waals surface area contributed by atoms with Crippen molar-refractivity contribution < 1.29 is 19.0 Å². The van der Waals surface area contributed by atoms with E-state index in [1.165, 1.54) is 0 Å². The van der Waals surface area contributed by atoms with Crippen LogP contribution >= 0.6 is 0 Å². The molecule has 2 aliphatic carbocycles. The van der Waals surface area contributed by atoms with Crippen molar-refractivity contribution in [3.8, 4) is 11.8 Å². The number of aliphatic hydroxyl groups excluding tert-OH is 1. The van der Waals surface area contributed by atoms with Gasteiger partial charge >= 0.3 is 0 Å². The van der Waals surface area contributed by atoms with Crippen molar-refractivity contribution >= 4 is 8.32 Å². The van der Waals surface area contributed by atoms with E-state index in [1.807, 2.05) is 13.0 Å². The molecule has 1 aliphatic heterocycles. The molecule has 3 rings (SSSR count). The average Bonchev–Trinajstić information content (AvgIpc) is 3.19. The Kier molecular flexibility index (Phi) is 7.99. The first kappa shape index (κ1) is 27.0. The number of rotatable bonds is 6. The minimum atomic E-state index is -1.90. The number of aliphatic hydroxyl groups is 1. The molecule has 4 nitrogen and oxygen atoms in total. The van der Waals surface area contributed by atoms with Crippen LogP contribution in [0, 0.1) is 40.9 Å². The first-order valence-electron chi connectivity index (χ1n) is 12.9. The van der Waals surface area contributed by atoms with Gasteiger partial charge in [-0.2, -0.15) is 0 Å². The maximum atomic E-state index is 10.8. The van der Waals surface area contributed by atoms with Gasteiger partial charge in [-0.15, -0.1) is 11.8 Å². The molecule has 1 spiro atoms. The van der Waals surface area contributed by atoms with Crippen LogP contribution in [-0.4, -0.2) is 44.6 Å². The molecule has 0 amide bonds. The van der Waals surface area contributed by atoms with E-state index in [0.717, 1.165) is 32.5 Å². The summed E-state index contributed by atoms with van der Waals surface area (Å²) in [4.78, 5) is 0. The van der Waals surface area contributed by atoms with Crippen LogP contribution in [0.5, 0.6) is 0 Å². The van der Waals surface area contributed by atoms with E-state index in [9.17, 15) is 5.11 Å². The third-order valence-electron chi connectivity index (χ3n) is 8.60. The highest BCUT2D eigenvalue weighted by atomic mass is 28.4. The summed E-state index contributed by atoms with van der Waals surface area (Å²) in [6, 6.07) is 0.